The van der Waals surface area contributed by atoms with Crippen molar-refractivity contribution >= 4 is 34.5 Å². The number of rotatable bonds is 2. The molecule has 19 heavy (non-hydrogen) atoms. The van der Waals surface area contributed by atoms with Crippen molar-refractivity contribution in [3.05, 3.63) is 63.2 Å². The van der Waals surface area contributed by atoms with Gasteiger partial charge in [-0.15, -0.1) is 0 Å². The summed E-state index contributed by atoms with van der Waals surface area (Å²) in [7, 11) is 0. The van der Waals surface area contributed by atoms with Crippen LogP contribution in [0.3, 0.4) is 0 Å². The normalized spacial score (nSPS) is 12.0. The number of halogens is 1. The van der Waals surface area contributed by atoms with Crippen molar-refractivity contribution in [1.29, 1.82) is 0 Å². The second-order valence-electron chi connectivity index (χ2n) is 5.58. The lowest BCUT2D eigenvalue weighted by Crippen LogP contribution is -2.10. The van der Waals surface area contributed by atoms with Crippen molar-refractivity contribution in [2.45, 2.75) is 26.2 Å². The van der Waals surface area contributed by atoms with Gasteiger partial charge in [0.25, 0.3) is 0 Å². The Hall–Kier alpha value is -1.16. The Morgan fingerprint density at radius 3 is 2.16 bits per heavy atom. The van der Waals surface area contributed by atoms with Gasteiger partial charge in [0.1, 0.15) is 0 Å². The summed E-state index contributed by atoms with van der Waals surface area (Å²) < 4.78 is 1.22. The van der Waals surface area contributed by atoms with Gasteiger partial charge in [0.05, 0.1) is 5.69 Å². The average Bonchev–Trinajstić information content (AvgIpc) is 2.37. The molecule has 98 valence electrons. The van der Waals surface area contributed by atoms with Gasteiger partial charge in [0, 0.05) is 15.3 Å². The molecule has 0 bridgehead atoms. The third kappa shape index (κ3) is 3.90. The van der Waals surface area contributed by atoms with Crippen molar-refractivity contribution in [2.24, 2.45) is 4.99 Å². The molecule has 0 aliphatic carbocycles. The molecular weight excluding hydrogens is 345 g/mol. The molecule has 0 saturated heterocycles. The highest BCUT2D eigenvalue weighted by molar-refractivity contribution is 14.1. The van der Waals surface area contributed by atoms with E-state index in [1.165, 1.54) is 9.13 Å². The van der Waals surface area contributed by atoms with E-state index >= 15 is 0 Å². The van der Waals surface area contributed by atoms with E-state index in [1.807, 2.05) is 18.3 Å². The van der Waals surface area contributed by atoms with Crippen LogP contribution in [0.5, 0.6) is 0 Å². The first-order chi connectivity index (χ1) is 8.97. The van der Waals surface area contributed by atoms with E-state index in [2.05, 4.69) is 84.8 Å². The van der Waals surface area contributed by atoms with Gasteiger partial charge in [-0.05, 0) is 51.8 Å². The molecule has 2 aromatic carbocycles. The van der Waals surface area contributed by atoms with Gasteiger partial charge in [0.15, 0.2) is 0 Å². The third-order valence-electron chi connectivity index (χ3n) is 2.99. The Kier molecular flexibility index (Phi) is 4.40. The number of hydrogen-bond donors (Lipinski definition) is 0. The summed E-state index contributed by atoms with van der Waals surface area (Å²) in [4.78, 5) is 4.53. The smallest absolute Gasteiger partial charge is 0.0630 e. The van der Waals surface area contributed by atoms with Crippen LogP contribution in [-0.4, -0.2) is 6.21 Å². The van der Waals surface area contributed by atoms with Crippen molar-refractivity contribution in [1.82, 2.24) is 0 Å². The molecule has 0 fully saturated rings. The SMILES string of the molecule is CC(C)(C)c1ccc(N=Cc2ccccc2I)cc1. The van der Waals surface area contributed by atoms with Crippen LogP contribution < -0.4 is 0 Å². The van der Waals surface area contributed by atoms with Crippen LogP contribution in [0.4, 0.5) is 5.69 Å². The lowest BCUT2D eigenvalue weighted by atomic mass is 9.87. The van der Waals surface area contributed by atoms with Crippen molar-refractivity contribution in [3.63, 3.8) is 0 Å². The lowest BCUT2D eigenvalue weighted by Gasteiger charge is -2.18. The maximum Gasteiger partial charge on any atom is 0.0630 e. The Morgan fingerprint density at radius 2 is 1.58 bits per heavy atom. The minimum absolute atomic E-state index is 0.192. The summed E-state index contributed by atoms with van der Waals surface area (Å²) in [6.07, 6.45) is 1.92. The van der Waals surface area contributed by atoms with E-state index in [0.717, 1.165) is 11.3 Å². The molecule has 2 aromatic rings. The minimum Gasteiger partial charge on any atom is -0.256 e. The van der Waals surface area contributed by atoms with E-state index in [0.29, 0.717) is 0 Å². The molecule has 0 spiro atoms. The second kappa shape index (κ2) is 5.87. The van der Waals surface area contributed by atoms with E-state index in [-0.39, 0.29) is 5.41 Å². The number of aliphatic imine (C=N–C) groups is 1. The lowest BCUT2D eigenvalue weighted by molar-refractivity contribution is 0.590. The number of hydrogen-bond acceptors (Lipinski definition) is 1. The number of nitrogens with zero attached hydrogens (tertiary/aromatic N) is 1. The molecule has 0 aliphatic heterocycles. The van der Waals surface area contributed by atoms with Crippen LogP contribution in [0.15, 0.2) is 53.5 Å². The molecule has 0 aliphatic rings. The summed E-state index contributed by atoms with van der Waals surface area (Å²) in [5, 5.41) is 0. The van der Waals surface area contributed by atoms with Gasteiger partial charge in [-0.2, -0.15) is 0 Å². The maximum absolute atomic E-state index is 4.53. The fraction of sp³-hybridized carbons (Fsp3) is 0.235. The molecule has 0 aromatic heterocycles. The third-order valence-corrected chi connectivity index (χ3v) is 3.97. The zero-order chi connectivity index (χ0) is 13.9. The first kappa shape index (κ1) is 14.3. The van der Waals surface area contributed by atoms with Gasteiger partial charge in [-0.25, -0.2) is 0 Å². The molecule has 0 heterocycles. The number of benzene rings is 2. The Balaban J connectivity index is 2.19. The fourth-order valence-electron chi connectivity index (χ4n) is 1.77. The van der Waals surface area contributed by atoms with Gasteiger partial charge in [0.2, 0.25) is 0 Å². The maximum atomic E-state index is 4.53. The van der Waals surface area contributed by atoms with E-state index < -0.39 is 0 Å². The van der Waals surface area contributed by atoms with Crippen molar-refractivity contribution in [3.8, 4) is 0 Å². The van der Waals surface area contributed by atoms with Gasteiger partial charge in [-0.1, -0.05) is 51.1 Å². The zero-order valence-electron chi connectivity index (χ0n) is 11.5. The molecule has 0 amide bonds. The fourth-order valence-corrected chi connectivity index (χ4v) is 2.30. The van der Waals surface area contributed by atoms with Crippen LogP contribution in [-0.2, 0) is 5.41 Å². The first-order valence-corrected chi connectivity index (χ1v) is 7.44. The summed E-state index contributed by atoms with van der Waals surface area (Å²) in [6, 6.07) is 16.7. The molecule has 0 radical (unpaired) electrons. The van der Waals surface area contributed by atoms with Crippen molar-refractivity contribution < 1.29 is 0 Å². The highest BCUT2D eigenvalue weighted by atomic mass is 127. The highest BCUT2D eigenvalue weighted by Gasteiger charge is 2.12. The van der Waals surface area contributed by atoms with E-state index in [9.17, 15) is 0 Å². The summed E-state index contributed by atoms with van der Waals surface area (Å²) in [6.45, 7) is 6.66. The standard InChI is InChI=1S/C17H18IN/c1-17(2,3)14-8-10-15(11-9-14)19-12-13-6-4-5-7-16(13)18/h4-12H,1-3H3. The second-order valence-corrected chi connectivity index (χ2v) is 6.74. The minimum atomic E-state index is 0.192. The monoisotopic (exact) mass is 363 g/mol. The molecule has 0 unspecified atom stereocenters. The summed E-state index contributed by atoms with van der Waals surface area (Å²) >= 11 is 2.33. The molecule has 1 nitrogen and oxygen atoms in total. The molecular formula is C17H18IN. The van der Waals surface area contributed by atoms with Crippen LogP contribution in [0.2, 0.25) is 0 Å². The van der Waals surface area contributed by atoms with Crippen LogP contribution in [0.1, 0.15) is 31.9 Å². The molecule has 2 heteroatoms. The summed E-state index contributed by atoms with van der Waals surface area (Å²) in [5.41, 5.74) is 3.67. The van der Waals surface area contributed by atoms with Crippen LogP contribution in [0.25, 0.3) is 0 Å². The Morgan fingerprint density at radius 1 is 0.947 bits per heavy atom. The quantitative estimate of drug-likeness (QED) is 0.505. The Labute approximate surface area is 128 Å². The van der Waals surface area contributed by atoms with Gasteiger partial charge in [-0.3, -0.25) is 4.99 Å². The average molecular weight is 363 g/mol. The topological polar surface area (TPSA) is 12.4 Å². The molecule has 0 atom stereocenters. The summed E-state index contributed by atoms with van der Waals surface area (Å²) in [5.74, 6) is 0. The van der Waals surface area contributed by atoms with Gasteiger partial charge >= 0.3 is 0 Å². The van der Waals surface area contributed by atoms with Crippen molar-refractivity contribution in [2.75, 3.05) is 0 Å². The van der Waals surface area contributed by atoms with Gasteiger partial charge < -0.3 is 0 Å². The predicted octanol–water partition coefficient (Wildman–Crippen LogP) is 5.34. The Bertz CT molecular complexity index is 577. The molecule has 0 N–H and O–H groups in total. The largest absolute Gasteiger partial charge is 0.256 e. The molecule has 2 rings (SSSR count). The first-order valence-electron chi connectivity index (χ1n) is 6.36. The van der Waals surface area contributed by atoms with E-state index in [1.54, 1.807) is 0 Å². The molecule has 0 saturated carbocycles. The highest BCUT2D eigenvalue weighted by Crippen LogP contribution is 2.24. The predicted molar refractivity (Wildman–Crippen MR) is 91.6 cm³/mol. The van der Waals surface area contributed by atoms with Crippen LogP contribution >= 0.6 is 22.6 Å². The van der Waals surface area contributed by atoms with Crippen LogP contribution in [0, 0.1) is 3.57 Å². The zero-order valence-corrected chi connectivity index (χ0v) is 13.7. The van der Waals surface area contributed by atoms with E-state index in [4.69, 9.17) is 0 Å².